The minimum Gasteiger partial charge on any atom is -0.369 e. The van der Waals surface area contributed by atoms with Gasteiger partial charge in [0.2, 0.25) is 0 Å². The molecule has 3 heterocycles. The molecule has 0 spiro atoms. The molecule has 0 saturated carbocycles. The maximum absolute atomic E-state index is 13.2. The van der Waals surface area contributed by atoms with Gasteiger partial charge in [-0.05, 0) is 42.5 Å². The number of aromatic nitrogens is 2. The number of hydrogen-bond donors (Lipinski definition) is 3. The van der Waals surface area contributed by atoms with Gasteiger partial charge in [-0.1, -0.05) is 12.1 Å². The first-order chi connectivity index (χ1) is 14.4. The molecule has 1 aliphatic heterocycles. The number of piperazine rings is 1. The van der Waals surface area contributed by atoms with Crippen LogP contribution in [0.4, 0.5) is 10.1 Å². The molecule has 2 aromatic carbocycles. The van der Waals surface area contributed by atoms with Crippen molar-refractivity contribution >= 4 is 22.2 Å². The number of hydrogen-bond acceptors (Lipinski definition) is 5. The van der Waals surface area contributed by atoms with Crippen LogP contribution in [0.3, 0.4) is 0 Å². The lowest BCUT2D eigenvalue weighted by molar-refractivity contribution is -0.276. The van der Waals surface area contributed by atoms with E-state index in [0.717, 1.165) is 5.69 Å². The molecule has 7 nitrogen and oxygen atoms in total. The predicted molar refractivity (Wildman–Crippen MR) is 112 cm³/mol. The summed E-state index contributed by atoms with van der Waals surface area (Å²) in [6, 6.07) is 15.0. The van der Waals surface area contributed by atoms with Gasteiger partial charge in [-0.15, -0.1) is 0 Å². The van der Waals surface area contributed by atoms with Crippen molar-refractivity contribution in [3.05, 3.63) is 82.5 Å². The quantitative estimate of drug-likeness (QED) is 0.451. The first-order valence-electron chi connectivity index (χ1n) is 9.77. The van der Waals surface area contributed by atoms with Crippen LogP contribution in [0.15, 0.2) is 65.6 Å². The van der Waals surface area contributed by atoms with E-state index in [4.69, 9.17) is 0 Å². The summed E-state index contributed by atoms with van der Waals surface area (Å²) >= 11 is 0. The highest BCUT2D eigenvalue weighted by atomic mass is 19.1. The van der Waals surface area contributed by atoms with Crippen LogP contribution < -0.4 is 10.5 Å². The first-order valence-corrected chi connectivity index (χ1v) is 9.77. The Kier molecular flexibility index (Phi) is 4.35. The summed E-state index contributed by atoms with van der Waals surface area (Å²) in [4.78, 5) is 18.8. The second-order valence-electron chi connectivity index (χ2n) is 7.54. The molecule has 0 aliphatic carbocycles. The van der Waals surface area contributed by atoms with Crippen LogP contribution >= 0.6 is 0 Å². The number of aromatic amines is 1. The van der Waals surface area contributed by atoms with Gasteiger partial charge in [0.1, 0.15) is 11.5 Å². The minimum atomic E-state index is -2.18. The van der Waals surface area contributed by atoms with Gasteiger partial charge >= 0.3 is 0 Å². The van der Waals surface area contributed by atoms with Gasteiger partial charge in [0.05, 0.1) is 10.9 Å². The molecule has 1 saturated heterocycles. The summed E-state index contributed by atoms with van der Waals surface area (Å²) in [6.07, 6.45) is 1.64. The highest BCUT2D eigenvalue weighted by Crippen LogP contribution is 2.28. The van der Waals surface area contributed by atoms with Gasteiger partial charge in [0, 0.05) is 43.6 Å². The molecule has 0 bridgehead atoms. The van der Waals surface area contributed by atoms with Crippen molar-refractivity contribution in [2.75, 3.05) is 31.1 Å². The van der Waals surface area contributed by atoms with Crippen molar-refractivity contribution in [2.45, 2.75) is 5.91 Å². The minimum absolute atomic E-state index is 0.225. The Morgan fingerprint density at radius 3 is 2.40 bits per heavy atom. The molecule has 5 rings (SSSR count). The van der Waals surface area contributed by atoms with Crippen molar-refractivity contribution in [2.24, 2.45) is 0 Å². The molecule has 2 aromatic heterocycles. The fourth-order valence-corrected chi connectivity index (χ4v) is 4.11. The fourth-order valence-electron chi connectivity index (χ4n) is 4.11. The number of aliphatic hydroxyl groups is 2. The summed E-state index contributed by atoms with van der Waals surface area (Å²) < 4.78 is 14.9. The third-order valence-corrected chi connectivity index (χ3v) is 5.77. The van der Waals surface area contributed by atoms with E-state index < -0.39 is 5.91 Å². The zero-order valence-electron chi connectivity index (χ0n) is 16.1. The number of nitrogens with zero attached hydrogens (tertiary/aromatic N) is 3. The lowest BCUT2D eigenvalue weighted by atomic mass is 10.1. The lowest BCUT2D eigenvalue weighted by Crippen LogP contribution is -2.55. The summed E-state index contributed by atoms with van der Waals surface area (Å²) in [7, 11) is 0. The molecular formula is C22H21FN4O3. The second kappa shape index (κ2) is 6.94. The summed E-state index contributed by atoms with van der Waals surface area (Å²) in [5.41, 5.74) is 2.14. The van der Waals surface area contributed by atoms with Crippen molar-refractivity contribution in [1.82, 2.24) is 14.3 Å². The Morgan fingerprint density at radius 2 is 1.67 bits per heavy atom. The fraction of sp³-hybridized carbons (Fsp3) is 0.227. The van der Waals surface area contributed by atoms with E-state index in [1.807, 2.05) is 12.1 Å². The van der Waals surface area contributed by atoms with Gasteiger partial charge in [-0.2, -0.15) is 0 Å². The van der Waals surface area contributed by atoms with E-state index >= 15 is 0 Å². The molecule has 1 aliphatic rings. The van der Waals surface area contributed by atoms with Crippen molar-refractivity contribution in [1.29, 1.82) is 0 Å². The van der Waals surface area contributed by atoms with Gasteiger partial charge < -0.3 is 24.5 Å². The number of fused-ring (bicyclic) bond motifs is 3. The van der Waals surface area contributed by atoms with E-state index in [-0.39, 0.29) is 16.9 Å². The molecule has 4 aromatic rings. The van der Waals surface area contributed by atoms with Crippen LogP contribution in [0.25, 0.3) is 16.6 Å². The normalized spacial score (nSPS) is 15.9. The monoisotopic (exact) mass is 408 g/mol. The Bertz CT molecular complexity index is 1270. The number of anilines is 1. The Morgan fingerprint density at radius 1 is 0.967 bits per heavy atom. The molecule has 0 radical (unpaired) electrons. The Hall–Kier alpha value is -3.20. The van der Waals surface area contributed by atoms with Crippen LogP contribution in [-0.4, -0.2) is 50.7 Å². The van der Waals surface area contributed by atoms with E-state index in [0.29, 0.717) is 42.7 Å². The van der Waals surface area contributed by atoms with E-state index in [9.17, 15) is 19.4 Å². The van der Waals surface area contributed by atoms with Crippen LogP contribution in [0.1, 0.15) is 5.56 Å². The zero-order chi connectivity index (χ0) is 20.9. The number of halogens is 1. The van der Waals surface area contributed by atoms with E-state index in [1.165, 1.54) is 12.1 Å². The smallest absolute Gasteiger partial charge is 0.258 e. The second-order valence-corrected chi connectivity index (χ2v) is 7.54. The average molecular weight is 408 g/mol. The largest absolute Gasteiger partial charge is 0.369 e. The number of benzene rings is 2. The SMILES string of the molecule is O=c1[nH]c2cc(C(O)(O)N3CCN(c4ccc(F)cc4)CC3)cn2c2ccccc12. The van der Waals surface area contributed by atoms with Gasteiger partial charge in [0.15, 0.2) is 0 Å². The molecule has 1 fully saturated rings. The van der Waals surface area contributed by atoms with Crippen LogP contribution in [0, 0.1) is 5.82 Å². The number of H-pyrrole nitrogens is 1. The van der Waals surface area contributed by atoms with E-state index in [1.54, 1.807) is 45.8 Å². The molecule has 154 valence electrons. The highest BCUT2D eigenvalue weighted by molar-refractivity contribution is 5.80. The Labute approximate surface area is 171 Å². The standard InChI is InChI=1S/C22H21FN4O3/c23-16-5-7-17(8-6-16)25-9-11-26(12-10-25)22(29,30)15-13-20-24-21(28)18-3-1-2-4-19(18)27(20)14-15/h1-8,13-14,29-30H,9-12H2,(H,24,28). The maximum atomic E-state index is 13.2. The summed E-state index contributed by atoms with van der Waals surface area (Å²) in [5.74, 6) is -2.47. The zero-order valence-corrected chi connectivity index (χ0v) is 16.1. The molecule has 8 heteroatoms. The molecule has 30 heavy (non-hydrogen) atoms. The number of nitrogens with one attached hydrogen (secondary N) is 1. The van der Waals surface area contributed by atoms with Gasteiger partial charge in [-0.25, -0.2) is 9.29 Å². The molecule has 3 N–H and O–H groups in total. The number of rotatable bonds is 3. The van der Waals surface area contributed by atoms with Gasteiger partial charge in [0.25, 0.3) is 11.5 Å². The van der Waals surface area contributed by atoms with Crippen LogP contribution in [0.2, 0.25) is 0 Å². The van der Waals surface area contributed by atoms with Crippen molar-refractivity contribution in [3.8, 4) is 0 Å². The van der Waals surface area contributed by atoms with Crippen LogP contribution in [0.5, 0.6) is 0 Å². The predicted octanol–water partition coefficient (Wildman–Crippen LogP) is 1.84. The maximum Gasteiger partial charge on any atom is 0.258 e. The topological polar surface area (TPSA) is 84.2 Å². The third kappa shape index (κ3) is 3.06. The van der Waals surface area contributed by atoms with Crippen LogP contribution in [-0.2, 0) is 5.91 Å². The molecule has 0 atom stereocenters. The Balaban J connectivity index is 1.42. The summed E-state index contributed by atoms with van der Waals surface area (Å²) in [5, 5.41) is 22.4. The molecule has 0 unspecified atom stereocenters. The average Bonchev–Trinajstić information content (AvgIpc) is 3.20. The molecule has 0 amide bonds. The summed E-state index contributed by atoms with van der Waals surface area (Å²) in [6.45, 7) is 1.96. The van der Waals surface area contributed by atoms with Crippen molar-refractivity contribution in [3.63, 3.8) is 0 Å². The van der Waals surface area contributed by atoms with Gasteiger partial charge in [-0.3, -0.25) is 4.79 Å². The first kappa shape index (κ1) is 18.8. The third-order valence-electron chi connectivity index (χ3n) is 5.77. The molecular weight excluding hydrogens is 387 g/mol. The van der Waals surface area contributed by atoms with E-state index in [2.05, 4.69) is 9.88 Å². The highest BCUT2D eigenvalue weighted by Gasteiger charge is 2.37. The lowest BCUT2D eigenvalue weighted by Gasteiger charge is -2.41. The van der Waals surface area contributed by atoms with Crippen molar-refractivity contribution < 1.29 is 14.6 Å². The number of para-hydroxylation sites is 1.